The van der Waals surface area contributed by atoms with E-state index in [0.29, 0.717) is 13.0 Å². The molecular formula is C20H17F3N2OS. The van der Waals surface area contributed by atoms with E-state index in [1.807, 2.05) is 36.6 Å². The number of rotatable bonds is 5. The predicted molar refractivity (Wildman–Crippen MR) is 99.8 cm³/mol. The van der Waals surface area contributed by atoms with Crippen LogP contribution in [0.4, 0.5) is 13.2 Å². The molecule has 27 heavy (non-hydrogen) atoms. The monoisotopic (exact) mass is 390 g/mol. The first-order chi connectivity index (χ1) is 12.8. The van der Waals surface area contributed by atoms with Crippen LogP contribution in [0.3, 0.4) is 0 Å². The van der Waals surface area contributed by atoms with Gasteiger partial charge in [0.25, 0.3) is 5.91 Å². The number of aromatic nitrogens is 1. The van der Waals surface area contributed by atoms with Crippen molar-refractivity contribution in [1.82, 2.24) is 10.3 Å². The van der Waals surface area contributed by atoms with E-state index in [4.69, 9.17) is 0 Å². The Hall–Kier alpha value is -2.67. The quantitative estimate of drug-likeness (QED) is 0.658. The van der Waals surface area contributed by atoms with Gasteiger partial charge in [0.05, 0.1) is 11.3 Å². The summed E-state index contributed by atoms with van der Waals surface area (Å²) in [6, 6.07) is 12.3. The van der Waals surface area contributed by atoms with Crippen molar-refractivity contribution in [2.24, 2.45) is 0 Å². The summed E-state index contributed by atoms with van der Waals surface area (Å²) in [5.74, 6) is -0.405. The van der Waals surface area contributed by atoms with Gasteiger partial charge in [0.2, 0.25) is 0 Å². The second kappa shape index (κ2) is 7.92. The van der Waals surface area contributed by atoms with Gasteiger partial charge in [0.1, 0.15) is 5.01 Å². The third-order valence-corrected chi connectivity index (χ3v) is 4.93. The number of nitrogens with zero attached hydrogens (tertiary/aromatic N) is 1. The average molecular weight is 390 g/mol. The maximum absolute atomic E-state index is 12.5. The van der Waals surface area contributed by atoms with Crippen LogP contribution in [0.5, 0.6) is 0 Å². The van der Waals surface area contributed by atoms with Crippen molar-refractivity contribution in [3.05, 3.63) is 76.3 Å². The third kappa shape index (κ3) is 4.95. The molecule has 3 nitrogen and oxygen atoms in total. The van der Waals surface area contributed by atoms with Gasteiger partial charge in [-0.3, -0.25) is 4.79 Å². The second-order valence-electron chi connectivity index (χ2n) is 6.09. The van der Waals surface area contributed by atoms with Gasteiger partial charge in [-0.05, 0) is 31.2 Å². The lowest BCUT2D eigenvalue weighted by atomic mass is 10.1. The van der Waals surface area contributed by atoms with E-state index >= 15 is 0 Å². The number of nitrogens with one attached hydrogen (secondary N) is 1. The number of carbonyl (C=O) groups excluding carboxylic acids is 1. The first kappa shape index (κ1) is 19.1. The van der Waals surface area contributed by atoms with Crippen LogP contribution in [0.15, 0.2) is 53.9 Å². The van der Waals surface area contributed by atoms with Gasteiger partial charge >= 0.3 is 6.18 Å². The van der Waals surface area contributed by atoms with Gasteiger partial charge in [-0.2, -0.15) is 13.2 Å². The topological polar surface area (TPSA) is 42.0 Å². The van der Waals surface area contributed by atoms with Crippen LogP contribution in [0.1, 0.15) is 27.2 Å². The molecule has 0 atom stereocenters. The summed E-state index contributed by atoms with van der Waals surface area (Å²) in [7, 11) is 0. The molecule has 3 rings (SSSR count). The molecule has 1 heterocycles. The molecule has 0 aliphatic heterocycles. The van der Waals surface area contributed by atoms with E-state index < -0.39 is 17.6 Å². The zero-order valence-corrected chi connectivity index (χ0v) is 15.3. The van der Waals surface area contributed by atoms with Crippen molar-refractivity contribution in [3.63, 3.8) is 0 Å². The smallest absolute Gasteiger partial charge is 0.352 e. The predicted octanol–water partition coefficient (Wildman–Crippen LogP) is 5.11. The van der Waals surface area contributed by atoms with E-state index in [-0.39, 0.29) is 5.56 Å². The number of carbonyl (C=O) groups is 1. The van der Waals surface area contributed by atoms with Crippen molar-refractivity contribution in [2.75, 3.05) is 6.54 Å². The fourth-order valence-corrected chi connectivity index (χ4v) is 3.33. The summed E-state index contributed by atoms with van der Waals surface area (Å²) in [5.41, 5.74) is 2.52. The first-order valence-corrected chi connectivity index (χ1v) is 9.18. The van der Waals surface area contributed by atoms with Crippen molar-refractivity contribution in [3.8, 4) is 10.6 Å². The lowest BCUT2D eigenvalue weighted by Gasteiger charge is -2.08. The normalized spacial score (nSPS) is 11.4. The molecule has 1 N–H and O–H groups in total. The molecule has 0 unspecified atom stereocenters. The number of benzene rings is 2. The summed E-state index contributed by atoms with van der Waals surface area (Å²) < 4.78 is 37.6. The fraction of sp³-hybridized carbons (Fsp3) is 0.200. The molecule has 0 bridgehead atoms. The molecule has 3 aromatic rings. The van der Waals surface area contributed by atoms with E-state index in [0.717, 1.165) is 28.4 Å². The Labute approximate surface area is 158 Å². The largest absolute Gasteiger partial charge is 0.416 e. The van der Waals surface area contributed by atoms with E-state index in [1.54, 1.807) is 0 Å². The first-order valence-electron chi connectivity index (χ1n) is 8.30. The molecule has 0 saturated carbocycles. The Balaban J connectivity index is 1.54. The molecule has 140 valence electrons. The van der Waals surface area contributed by atoms with Crippen molar-refractivity contribution in [2.45, 2.75) is 19.5 Å². The summed E-state index contributed by atoms with van der Waals surface area (Å²) >= 11 is 1.54. The standard InChI is InChI=1S/C20H17F3N2OS/c1-13-2-4-15(5-3-13)19-25-17(12-27-19)10-11-24-18(26)14-6-8-16(9-7-14)20(21,22)23/h2-9,12H,10-11H2,1H3,(H,24,26). The van der Waals surface area contributed by atoms with Crippen LogP contribution in [-0.4, -0.2) is 17.4 Å². The minimum absolute atomic E-state index is 0.196. The molecule has 1 aromatic heterocycles. The lowest BCUT2D eigenvalue weighted by Crippen LogP contribution is -2.25. The van der Waals surface area contributed by atoms with Crippen molar-refractivity contribution < 1.29 is 18.0 Å². The van der Waals surface area contributed by atoms with E-state index in [1.165, 1.54) is 29.0 Å². The summed E-state index contributed by atoms with van der Waals surface area (Å²) in [5, 5.41) is 5.57. The highest BCUT2D eigenvalue weighted by Gasteiger charge is 2.30. The maximum atomic E-state index is 12.5. The van der Waals surface area contributed by atoms with Crippen LogP contribution in [0.25, 0.3) is 10.6 Å². The fourth-order valence-electron chi connectivity index (χ4n) is 2.47. The molecule has 1 amide bonds. The van der Waals surface area contributed by atoms with Gasteiger partial charge < -0.3 is 5.32 Å². The summed E-state index contributed by atoms with van der Waals surface area (Å²) in [6.45, 7) is 2.38. The number of aryl methyl sites for hydroxylation is 1. The highest BCUT2D eigenvalue weighted by molar-refractivity contribution is 7.13. The SMILES string of the molecule is Cc1ccc(-c2nc(CCNC(=O)c3ccc(C(F)(F)F)cc3)cs2)cc1. The number of hydrogen-bond acceptors (Lipinski definition) is 3. The minimum atomic E-state index is -4.41. The Morgan fingerprint density at radius 3 is 2.37 bits per heavy atom. The van der Waals surface area contributed by atoms with Gasteiger partial charge in [-0.1, -0.05) is 29.8 Å². The maximum Gasteiger partial charge on any atom is 0.416 e. The van der Waals surface area contributed by atoms with Gasteiger partial charge in [0.15, 0.2) is 0 Å². The molecule has 0 radical (unpaired) electrons. The van der Waals surface area contributed by atoms with E-state index in [9.17, 15) is 18.0 Å². The Morgan fingerprint density at radius 1 is 1.07 bits per heavy atom. The summed E-state index contributed by atoms with van der Waals surface area (Å²) in [6.07, 6.45) is -3.86. The number of amides is 1. The van der Waals surface area contributed by atoms with Crippen molar-refractivity contribution in [1.29, 1.82) is 0 Å². The van der Waals surface area contributed by atoms with E-state index in [2.05, 4.69) is 10.3 Å². The molecule has 0 aliphatic rings. The highest BCUT2D eigenvalue weighted by atomic mass is 32.1. The summed E-state index contributed by atoms with van der Waals surface area (Å²) in [4.78, 5) is 16.6. The van der Waals surface area contributed by atoms with Gasteiger partial charge in [-0.25, -0.2) is 4.98 Å². The minimum Gasteiger partial charge on any atom is -0.352 e. The molecular weight excluding hydrogens is 373 g/mol. The molecule has 0 aliphatic carbocycles. The Kier molecular flexibility index (Phi) is 5.60. The van der Waals surface area contributed by atoms with Gasteiger partial charge in [-0.15, -0.1) is 11.3 Å². The van der Waals surface area contributed by atoms with Crippen LogP contribution < -0.4 is 5.32 Å². The number of halogens is 3. The lowest BCUT2D eigenvalue weighted by molar-refractivity contribution is -0.137. The number of alkyl halides is 3. The second-order valence-corrected chi connectivity index (χ2v) is 6.95. The van der Waals surface area contributed by atoms with Crippen LogP contribution in [-0.2, 0) is 12.6 Å². The number of thiazole rings is 1. The Bertz CT molecular complexity index is 916. The van der Waals surface area contributed by atoms with Crippen LogP contribution >= 0.6 is 11.3 Å². The molecule has 2 aromatic carbocycles. The molecule has 0 fully saturated rings. The zero-order valence-electron chi connectivity index (χ0n) is 14.5. The van der Waals surface area contributed by atoms with Gasteiger partial charge in [0, 0.05) is 29.5 Å². The van der Waals surface area contributed by atoms with Crippen LogP contribution in [0, 0.1) is 6.92 Å². The Morgan fingerprint density at radius 2 is 1.74 bits per heavy atom. The van der Waals surface area contributed by atoms with Crippen molar-refractivity contribution >= 4 is 17.2 Å². The number of hydrogen-bond donors (Lipinski definition) is 1. The molecule has 0 spiro atoms. The highest BCUT2D eigenvalue weighted by Crippen LogP contribution is 2.29. The van der Waals surface area contributed by atoms with Crippen LogP contribution in [0.2, 0.25) is 0 Å². The molecule has 7 heteroatoms. The average Bonchev–Trinajstić information content (AvgIpc) is 3.10. The zero-order chi connectivity index (χ0) is 19.4. The third-order valence-electron chi connectivity index (χ3n) is 3.99. The molecule has 0 saturated heterocycles.